The van der Waals surface area contributed by atoms with Gasteiger partial charge >= 0.3 is 17.9 Å². The quantitative estimate of drug-likeness (QED) is 0.416. The van der Waals surface area contributed by atoms with E-state index in [1.807, 2.05) is 4.23 Å². The van der Waals surface area contributed by atoms with Crippen LogP contribution in [-0.4, -0.2) is 79.4 Å². The van der Waals surface area contributed by atoms with Crippen LogP contribution in [0.15, 0.2) is 0 Å². The molecule has 24 heavy (non-hydrogen) atoms. The van der Waals surface area contributed by atoms with E-state index < -0.39 is 26.0 Å². The first-order chi connectivity index (χ1) is 11.3. The molecule has 7 nitrogen and oxygen atoms in total. The second-order valence-corrected chi connectivity index (χ2v) is 17.7. The van der Waals surface area contributed by atoms with E-state index in [9.17, 15) is 0 Å². The van der Waals surface area contributed by atoms with Gasteiger partial charge in [0.2, 0.25) is 0 Å². The Morgan fingerprint density at radius 1 is 0.667 bits per heavy atom. The van der Waals surface area contributed by atoms with Crippen molar-refractivity contribution in [2.75, 3.05) is 49.2 Å². The Bertz CT molecular complexity index is 302. The van der Waals surface area contributed by atoms with Crippen LogP contribution >= 0.6 is 0 Å². The van der Waals surface area contributed by atoms with Crippen molar-refractivity contribution in [2.24, 2.45) is 0 Å². The summed E-state index contributed by atoms with van der Waals surface area (Å²) < 4.78 is 36.0. The maximum Gasteiger partial charge on any atom is 0.597 e. The van der Waals surface area contributed by atoms with Gasteiger partial charge in [-0.3, -0.25) is 0 Å². The lowest BCUT2D eigenvalue weighted by Gasteiger charge is -2.42. The van der Waals surface area contributed by atoms with E-state index in [1.165, 1.54) is 18.1 Å². The highest BCUT2D eigenvalue weighted by molar-refractivity contribution is 6.78. The van der Waals surface area contributed by atoms with Crippen molar-refractivity contribution in [2.45, 2.75) is 44.9 Å². The van der Waals surface area contributed by atoms with Crippen molar-refractivity contribution in [3.63, 3.8) is 0 Å². The van der Waals surface area contributed by atoms with Crippen LogP contribution in [0.3, 0.4) is 0 Å². The second-order valence-electron chi connectivity index (χ2n) is 6.05. The molecule has 0 aromatic heterocycles. The van der Waals surface area contributed by atoms with Gasteiger partial charge in [0.15, 0.2) is 0 Å². The Morgan fingerprint density at radius 2 is 1.00 bits per heavy atom. The minimum atomic E-state index is -3.13. The zero-order valence-electron chi connectivity index (χ0n) is 16.9. The van der Waals surface area contributed by atoms with Gasteiger partial charge in [-0.2, -0.15) is 0 Å². The average molecular weight is 400 g/mol. The summed E-state index contributed by atoms with van der Waals surface area (Å²) in [5.74, 6) is 0. The first-order valence-corrected chi connectivity index (χ1v) is 14.9. The van der Waals surface area contributed by atoms with Crippen molar-refractivity contribution in [1.82, 2.24) is 4.23 Å². The van der Waals surface area contributed by atoms with Crippen molar-refractivity contribution < 1.29 is 26.6 Å². The van der Waals surface area contributed by atoms with Crippen LogP contribution in [0, 0.1) is 0 Å². The van der Waals surface area contributed by atoms with Gasteiger partial charge in [0, 0.05) is 50.7 Å². The van der Waals surface area contributed by atoms with Crippen molar-refractivity contribution >= 4 is 26.0 Å². The summed E-state index contributed by atoms with van der Waals surface area (Å²) in [7, 11) is 2.08. The molecule has 0 aliphatic carbocycles. The summed E-state index contributed by atoms with van der Waals surface area (Å²) >= 11 is 0. The monoisotopic (exact) mass is 399 g/mol. The lowest BCUT2D eigenvalue weighted by molar-refractivity contribution is 0.0206. The molecule has 0 spiro atoms. The van der Waals surface area contributed by atoms with Crippen LogP contribution < -0.4 is 0 Å². The molecule has 0 fully saturated rings. The number of rotatable bonds is 14. The van der Waals surface area contributed by atoms with Crippen molar-refractivity contribution in [1.29, 1.82) is 0 Å². The normalized spacial score (nSPS) is 13.8. The summed E-state index contributed by atoms with van der Waals surface area (Å²) in [6.45, 7) is 7.74. The van der Waals surface area contributed by atoms with Crippen molar-refractivity contribution in [3.05, 3.63) is 0 Å². The fourth-order valence-corrected chi connectivity index (χ4v) is 11.3. The van der Waals surface area contributed by atoms with Gasteiger partial charge in [-0.05, 0) is 13.0 Å². The molecule has 0 N–H and O–H groups in total. The van der Waals surface area contributed by atoms with Crippen LogP contribution in [0.4, 0.5) is 0 Å². The second kappa shape index (κ2) is 11.2. The van der Waals surface area contributed by atoms with E-state index in [0.29, 0.717) is 6.54 Å². The molecule has 0 heterocycles. The molecular weight excluding hydrogens is 362 g/mol. The molecule has 0 saturated heterocycles. The lowest BCUT2D eigenvalue weighted by atomic mass is 10.5. The third kappa shape index (κ3) is 5.43. The summed E-state index contributed by atoms with van der Waals surface area (Å²) in [5, 5.41) is 0. The highest BCUT2D eigenvalue weighted by Gasteiger charge is 2.62. The first-order valence-electron chi connectivity index (χ1n) is 8.41. The Hall–Kier alpha value is 0.371. The van der Waals surface area contributed by atoms with E-state index in [1.54, 1.807) is 42.7 Å². The Morgan fingerprint density at radius 3 is 1.25 bits per heavy atom. The zero-order valence-corrected chi connectivity index (χ0v) is 19.9. The standard InChI is InChI=1S/C14H37NO6Si3/c1-10-22(9,11-2)14-12-13-15(23(16-3,17-4)18-5)24(19-6,20-7)21-8/h10-14H2,1-9H3. The average Bonchev–Trinajstić information content (AvgIpc) is 2.64. The Balaban J connectivity index is 5.49. The van der Waals surface area contributed by atoms with E-state index in [4.69, 9.17) is 26.6 Å². The van der Waals surface area contributed by atoms with E-state index in [-0.39, 0.29) is 0 Å². The number of hydrogen-bond donors (Lipinski definition) is 0. The van der Waals surface area contributed by atoms with Crippen LogP contribution in [0.5, 0.6) is 0 Å². The molecule has 0 radical (unpaired) electrons. The molecule has 146 valence electrons. The van der Waals surface area contributed by atoms with Crippen LogP contribution in [0.25, 0.3) is 0 Å². The van der Waals surface area contributed by atoms with E-state index in [0.717, 1.165) is 6.42 Å². The Labute approximate surface area is 151 Å². The van der Waals surface area contributed by atoms with Gasteiger partial charge in [0.1, 0.15) is 0 Å². The topological polar surface area (TPSA) is 58.6 Å². The minimum Gasteiger partial charge on any atom is -0.365 e. The third-order valence-corrected chi connectivity index (χ3v) is 16.6. The molecule has 0 amide bonds. The largest absolute Gasteiger partial charge is 0.597 e. The molecule has 10 heteroatoms. The van der Waals surface area contributed by atoms with Crippen LogP contribution in [0.1, 0.15) is 20.3 Å². The summed E-state index contributed by atoms with van der Waals surface area (Å²) in [6.07, 6.45) is 1.00. The van der Waals surface area contributed by atoms with Gasteiger partial charge in [-0.1, -0.05) is 38.5 Å². The minimum absolute atomic E-state index is 0.687. The summed E-state index contributed by atoms with van der Waals surface area (Å²) in [4.78, 5) is 0. The fourth-order valence-electron chi connectivity index (χ4n) is 2.87. The molecule has 0 aromatic rings. The lowest BCUT2D eigenvalue weighted by Crippen LogP contribution is -2.73. The van der Waals surface area contributed by atoms with Gasteiger partial charge in [-0.15, -0.1) is 0 Å². The molecule has 0 rings (SSSR count). The zero-order chi connectivity index (χ0) is 18.9. The van der Waals surface area contributed by atoms with Crippen molar-refractivity contribution in [3.8, 4) is 0 Å². The van der Waals surface area contributed by atoms with E-state index in [2.05, 4.69) is 20.4 Å². The first kappa shape index (κ1) is 24.4. The van der Waals surface area contributed by atoms with Gasteiger partial charge in [-0.25, -0.2) is 4.23 Å². The SMILES string of the molecule is CC[Si](C)(CC)CCCN([Si](OC)(OC)OC)[Si](OC)(OC)OC. The predicted molar refractivity (Wildman–Crippen MR) is 102 cm³/mol. The van der Waals surface area contributed by atoms with Gasteiger partial charge in [0.25, 0.3) is 0 Å². The van der Waals surface area contributed by atoms with E-state index >= 15 is 0 Å². The Kier molecular flexibility index (Phi) is 11.3. The highest BCUT2D eigenvalue weighted by Crippen LogP contribution is 2.27. The summed E-state index contributed by atoms with van der Waals surface area (Å²) in [6, 6.07) is 3.79. The van der Waals surface area contributed by atoms with Crippen LogP contribution in [0.2, 0.25) is 24.7 Å². The van der Waals surface area contributed by atoms with Gasteiger partial charge in [0.05, 0.1) is 0 Å². The molecular formula is C14H37NO6Si3. The number of nitrogens with zero attached hydrogens (tertiary/aromatic N) is 1. The molecule has 0 aromatic carbocycles. The maximum atomic E-state index is 5.67. The molecule has 0 aliphatic rings. The summed E-state index contributed by atoms with van der Waals surface area (Å²) in [5.41, 5.74) is 0. The molecule has 0 aliphatic heterocycles. The smallest absolute Gasteiger partial charge is 0.365 e. The molecule has 0 atom stereocenters. The highest BCUT2D eigenvalue weighted by atomic mass is 28.5. The van der Waals surface area contributed by atoms with Crippen LogP contribution in [-0.2, 0) is 26.6 Å². The maximum absolute atomic E-state index is 5.67. The third-order valence-electron chi connectivity index (χ3n) is 5.08. The van der Waals surface area contributed by atoms with Gasteiger partial charge < -0.3 is 26.6 Å². The molecule has 0 unspecified atom stereocenters. The predicted octanol–water partition coefficient (Wildman–Crippen LogP) is 2.55. The number of hydrogen-bond acceptors (Lipinski definition) is 7. The molecule has 0 saturated carbocycles. The fraction of sp³-hybridized carbons (Fsp3) is 1.00. The molecule has 0 bridgehead atoms.